The van der Waals surface area contributed by atoms with Gasteiger partial charge in [-0.05, 0) is 49.2 Å². The molecule has 2 aromatic rings. The van der Waals surface area contributed by atoms with Crippen molar-refractivity contribution in [2.45, 2.75) is 26.3 Å². The number of aliphatic imine (C=N–C) groups is 1. The molecule has 5 nitrogen and oxygen atoms in total. The summed E-state index contributed by atoms with van der Waals surface area (Å²) in [6.07, 6.45) is 3.69. The largest absolute Gasteiger partial charge is 0.370 e. The summed E-state index contributed by atoms with van der Waals surface area (Å²) in [6, 6.07) is 14.0. The van der Waals surface area contributed by atoms with Gasteiger partial charge in [0.15, 0.2) is 11.1 Å². The van der Waals surface area contributed by atoms with Crippen LogP contribution in [-0.4, -0.2) is 22.6 Å². The molecule has 4 N–H and O–H groups in total. The molecule has 2 rings (SSSR count). The predicted molar refractivity (Wildman–Crippen MR) is 103 cm³/mol. The van der Waals surface area contributed by atoms with Crippen LogP contribution in [0.3, 0.4) is 0 Å². The number of aryl methyl sites for hydroxylation is 2. The maximum atomic E-state index is 5.84. The zero-order valence-electron chi connectivity index (χ0n) is 13.8. The lowest BCUT2D eigenvalue weighted by atomic mass is 10.1. The van der Waals surface area contributed by atoms with Crippen molar-refractivity contribution in [3.63, 3.8) is 0 Å². The molecule has 0 saturated carbocycles. The van der Waals surface area contributed by atoms with Crippen LogP contribution < -0.4 is 16.4 Å². The van der Waals surface area contributed by atoms with E-state index >= 15 is 0 Å². The number of hydrogen-bond donors (Lipinski definition) is 3. The van der Waals surface area contributed by atoms with Crippen molar-refractivity contribution in [2.75, 3.05) is 6.54 Å². The molecule has 0 saturated heterocycles. The molecule has 0 atom stereocenters. The minimum atomic E-state index is 0.317. The molecule has 1 aromatic heterocycles. The van der Waals surface area contributed by atoms with Crippen molar-refractivity contribution < 1.29 is 0 Å². The first-order valence-electron chi connectivity index (χ1n) is 7.94. The summed E-state index contributed by atoms with van der Waals surface area (Å²) in [5.41, 5.74) is 9.29. The van der Waals surface area contributed by atoms with E-state index in [-0.39, 0.29) is 0 Å². The molecule has 0 fully saturated rings. The number of pyridine rings is 1. The van der Waals surface area contributed by atoms with E-state index in [0.717, 1.165) is 30.6 Å². The fraction of sp³-hybridized carbons (Fsp3) is 0.278. The third kappa shape index (κ3) is 6.34. The van der Waals surface area contributed by atoms with Crippen molar-refractivity contribution in [1.82, 2.24) is 15.6 Å². The van der Waals surface area contributed by atoms with Crippen molar-refractivity contribution in [2.24, 2.45) is 10.7 Å². The van der Waals surface area contributed by atoms with E-state index in [1.54, 1.807) is 0 Å². The van der Waals surface area contributed by atoms with Gasteiger partial charge < -0.3 is 16.4 Å². The molecule has 0 spiro atoms. The molecular formula is C18H23N5S. The van der Waals surface area contributed by atoms with Crippen LogP contribution in [0.1, 0.15) is 23.2 Å². The molecule has 1 aromatic carbocycles. The summed E-state index contributed by atoms with van der Waals surface area (Å²) < 4.78 is 0. The summed E-state index contributed by atoms with van der Waals surface area (Å²) in [5, 5.41) is 6.51. The van der Waals surface area contributed by atoms with Gasteiger partial charge in [-0.3, -0.25) is 4.98 Å². The first-order valence-corrected chi connectivity index (χ1v) is 8.35. The number of benzene rings is 1. The van der Waals surface area contributed by atoms with Crippen molar-refractivity contribution in [1.29, 1.82) is 0 Å². The van der Waals surface area contributed by atoms with E-state index in [0.29, 0.717) is 17.6 Å². The van der Waals surface area contributed by atoms with E-state index in [4.69, 9.17) is 18.0 Å². The van der Waals surface area contributed by atoms with Gasteiger partial charge in [0.25, 0.3) is 0 Å². The lowest BCUT2D eigenvalue weighted by molar-refractivity contribution is 0.753. The molecule has 126 valence electrons. The number of rotatable bonds is 6. The van der Waals surface area contributed by atoms with Crippen LogP contribution in [0, 0.1) is 6.92 Å². The standard InChI is InChI=1S/C18H23N5S/c1-14-7-5-11-20-16(14)10-6-12-21-18(24)23-17(19)22-13-15-8-3-2-4-9-15/h2-5,7-9,11H,6,10,12-13H2,1H3,(H4,19,21,22,23,24). The monoisotopic (exact) mass is 341 g/mol. The molecule has 6 heteroatoms. The van der Waals surface area contributed by atoms with Gasteiger partial charge in [-0.1, -0.05) is 36.4 Å². The highest BCUT2D eigenvalue weighted by Crippen LogP contribution is 2.05. The van der Waals surface area contributed by atoms with E-state index in [9.17, 15) is 0 Å². The van der Waals surface area contributed by atoms with Crippen molar-refractivity contribution in [3.8, 4) is 0 Å². The SMILES string of the molecule is Cc1cccnc1CCCNC(=S)NC(N)=NCc1ccccc1. The van der Waals surface area contributed by atoms with Gasteiger partial charge in [-0.15, -0.1) is 0 Å². The van der Waals surface area contributed by atoms with Crippen LogP contribution in [0.25, 0.3) is 0 Å². The Bertz CT molecular complexity index is 685. The Morgan fingerprint density at radius 2 is 2.00 bits per heavy atom. The number of nitrogens with one attached hydrogen (secondary N) is 2. The van der Waals surface area contributed by atoms with Gasteiger partial charge >= 0.3 is 0 Å². The number of thiocarbonyl (C=S) groups is 1. The number of guanidine groups is 1. The molecular weight excluding hydrogens is 318 g/mol. The Hall–Kier alpha value is -2.47. The van der Waals surface area contributed by atoms with Crippen LogP contribution in [0.4, 0.5) is 0 Å². The highest BCUT2D eigenvalue weighted by molar-refractivity contribution is 7.80. The first kappa shape index (κ1) is 17.9. The first-order chi connectivity index (χ1) is 11.6. The Labute approximate surface area is 148 Å². The normalized spacial score (nSPS) is 11.1. The maximum absolute atomic E-state index is 5.84. The Morgan fingerprint density at radius 3 is 2.75 bits per heavy atom. The summed E-state index contributed by atoms with van der Waals surface area (Å²) in [5.74, 6) is 0.317. The molecule has 1 heterocycles. The van der Waals surface area contributed by atoms with Gasteiger partial charge in [0, 0.05) is 18.4 Å². The third-order valence-electron chi connectivity index (χ3n) is 3.51. The van der Waals surface area contributed by atoms with E-state index in [2.05, 4.69) is 33.6 Å². The molecule has 0 radical (unpaired) electrons. The lowest BCUT2D eigenvalue weighted by Gasteiger charge is -2.10. The molecule has 0 bridgehead atoms. The zero-order chi connectivity index (χ0) is 17.2. The lowest BCUT2D eigenvalue weighted by Crippen LogP contribution is -2.43. The van der Waals surface area contributed by atoms with Crippen LogP contribution in [0.2, 0.25) is 0 Å². The Kier molecular flexibility index (Phi) is 7.17. The molecule has 0 aliphatic carbocycles. The third-order valence-corrected chi connectivity index (χ3v) is 3.76. The van der Waals surface area contributed by atoms with Gasteiger partial charge in [0.2, 0.25) is 0 Å². The van der Waals surface area contributed by atoms with E-state index in [1.807, 2.05) is 42.6 Å². The second-order valence-electron chi connectivity index (χ2n) is 5.44. The topological polar surface area (TPSA) is 75.3 Å². The van der Waals surface area contributed by atoms with Crippen LogP contribution in [0.15, 0.2) is 53.7 Å². The van der Waals surface area contributed by atoms with Gasteiger partial charge in [0.1, 0.15) is 0 Å². The molecule has 0 aliphatic rings. The molecule has 0 amide bonds. The number of nitrogens with zero attached hydrogens (tertiary/aromatic N) is 2. The van der Waals surface area contributed by atoms with Gasteiger partial charge in [-0.25, -0.2) is 4.99 Å². The van der Waals surface area contributed by atoms with Gasteiger partial charge in [-0.2, -0.15) is 0 Å². The fourth-order valence-electron chi connectivity index (χ4n) is 2.20. The van der Waals surface area contributed by atoms with Crippen LogP contribution in [-0.2, 0) is 13.0 Å². The Morgan fingerprint density at radius 1 is 1.21 bits per heavy atom. The quantitative estimate of drug-likeness (QED) is 0.325. The van der Waals surface area contributed by atoms with E-state index < -0.39 is 0 Å². The maximum Gasteiger partial charge on any atom is 0.195 e. The molecule has 24 heavy (non-hydrogen) atoms. The zero-order valence-corrected chi connectivity index (χ0v) is 14.6. The minimum Gasteiger partial charge on any atom is -0.370 e. The summed E-state index contributed by atoms with van der Waals surface area (Å²) in [4.78, 5) is 8.65. The van der Waals surface area contributed by atoms with Crippen LogP contribution in [0.5, 0.6) is 0 Å². The number of hydrogen-bond acceptors (Lipinski definition) is 3. The minimum absolute atomic E-state index is 0.317. The second-order valence-corrected chi connectivity index (χ2v) is 5.85. The van der Waals surface area contributed by atoms with E-state index in [1.165, 1.54) is 5.56 Å². The summed E-state index contributed by atoms with van der Waals surface area (Å²) >= 11 is 5.22. The van der Waals surface area contributed by atoms with Crippen LogP contribution >= 0.6 is 12.2 Å². The smallest absolute Gasteiger partial charge is 0.195 e. The number of aromatic nitrogens is 1. The summed E-state index contributed by atoms with van der Waals surface area (Å²) in [6.45, 7) is 3.36. The molecule has 0 unspecified atom stereocenters. The van der Waals surface area contributed by atoms with Gasteiger partial charge in [0.05, 0.1) is 6.54 Å². The number of nitrogens with two attached hydrogens (primary N) is 1. The van der Waals surface area contributed by atoms with Crippen molar-refractivity contribution in [3.05, 3.63) is 65.5 Å². The second kappa shape index (κ2) is 9.62. The predicted octanol–water partition coefficient (Wildman–Crippen LogP) is 2.30. The fourth-order valence-corrected chi connectivity index (χ4v) is 2.40. The van der Waals surface area contributed by atoms with Crippen molar-refractivity contribution >= 4 is 23.3 Å². The highest BCUT2D eigenvalue weighted by Gasteiger charge is 2.01. The average Bonchev–Trinajstić information content (AvgIpc) is 2.59. The highest BCUT2D eigenvalue weighted by atomic mass is 32.1. The molecule has 0 aliphatic heterocycles. The summed E-state index contributed by atoms with van der Waals surface area (Å²) in [7, 11) is 0. The average molecular weight is 341 g/mol. The Balaban J connectivity index is 1.66.